The van der Waals surface area contributed by atoms with Crippen LogP contribution in [0.25, 0.3) is 44.2 Å². The lowest BCUT2D eigenvalue weighted by molar-refractivity contribution is -0.137. The number of nitrogens with zero attached hydrogens (tertiary/aromatic N) is 4. The van der Waals surface area contributed by atoms with Crippen molar-refractivity contribution in [2.45, 2.75) is 115 Å². The predicted octanol–water partition coefficient (Wildman–Crippen LogP) is 7.88. The Morgan fingerprint density at radius 1 is 0.836 bits per heavy atom. The maximum absolute atomic E-state index is 14.0. The van der Waals surface area contributed by atoms with Crippen molar-refractivity contribution >= 4 is 45.8 Å². The summed E-state index contributed by atoms with van der Waals surface area (Å²) < 4.78 is 9.64. The fraction of sp³-hybridized carbons (Fsp3) is 0.489. The van der Waals surface area contributed by atoms with Crippen molar-refractivity contribution in [2.75, 3.05) is 20.8 Å². The topological polar surface area (TPSA) is 175 Å². The molecule has 61 heavy (non-hydrogen) atoms. The molecule has 320 valence electrons. The van der Waals surface area contributed by atoms with Gasteiger partial charge in [-0.15, -0.1) is 0 Å². The molecule has 0 radical (unpaired) electrons. The Morgan fingerprint density at radius 2 is 1.57 bits per heavy atom. The molecule has 4 N–H and O–H groups in total. The summed E-state index contributed by atoms with van der Waals surface area (Å²) in [6.45, 7) is 6.24. The normalized spacial score (nSPS) is 21.6. The smallest absolute Gasteiger partial charge is 0.407 e. The number of imidazole rings is 2. The van der Waals surface area contributed by atoms with Crippen LogP contribution in [0.3, 0.4) is 0 Å². The van der Waals surface area contributed by atoms with Crippen LogP contribution in [-0.4, -0.2) is 92.6 Å². The third-order valence-electron chi connectivity index (χ3n) is 13.5. The summed E-state index contributed by atoms with van der Waals surface area (Å²) in [4.78, 5) is 72.7. The van der Waals surface area contributed by atoms with Gasteiger partial charge in [0.2, 0.25) is 11.8 Å². The number of alkyl carbamates (subject to hydrolysis) is 2. The number of carbonyl (C=O) groups excluding carboxylic acids is 4. The number of hydrogen-bond acceptors (Lipinski definition) is 8. The fourth-order valence-electron chi connectivity index (χ4n) is 10.2. The van der Waals surface area contributed by atoms with Gasteiger partial charge in [0.05, 0.1) is 55.3 Å². The van der Waals surface area contributed by atoms with E-state index < -0.39 is 18.2 Å². The number of nitrogens with one attached hydrogen (secondary N) is 4. The van der Waals surface area contributed by atoms with Crippen molar-refractivity contribution < 1.29 is 28.7 Å². The summed E-state index contributed by atoms with van der Waals surface area (Å²) in [6, 6.07) is 14.0. The molecule has 2 aromatic heterocycles. The monoisotopic (exact) mass is 828 g/mol. The van der Waals surface area contributed by atoms with Crippen LogP contribution in [0.4, 0.5) is 9.59 Å². The average molecular weight is 829 g/mol. The Kier molecular flexibility index (Phi) is 11.0. The molecule has 3 aromatic carbocycles. The number of ether oxygens (including phenoxy) is 2. The van der Waals surface area contributed by atoms with E-state index in [9.17, 15) is 19.2 Å². The molecule has 2 aliphatic heterocycles. The summed E-state index contributed by atoms with van der Waals surface area (Å²) in [5.74, 6) is 1.87. The molecule has 2 aliphatic carbocycles. The molecule has 5 aromatic rings. The van der Waals surface area contributed by atoms with Gasteiger partial charge in [-0.3, -0.25) is 9.59 Å². The highest BCUT2D eigenvalue weighted by Crippen LogP contribution is 2.43. The van der Waals surface area contributed by atoms with Crippen LogP contribution >= 0.6 is 0 Å². The minimum atomic E-state index is -0.708. The van der Waals surface area contributed by atoms with Gasteiger partial charge in [0.25, 0.3) is 0 Å². The second kappa shape index (κ2) is 16.5. The van der Waals surface area contributed by atoms with E-state index in [0.717, 1.165) is 108 Å². The molecule has 4 heterocycles. The van der Waals surface area contributed by atoms with Gasteiger partial charge in [0.15, 0.2) is 0 Å². The lowest BCUT2D eigenvalue weighted by atomic mass is 9.91. The van der Waals surface area contributed by atoms with Gasteiger partial charge in [0.1, 0.15) is 17.7 Å². The second-order valence-corrected chi connectivity index (χ2v) is 17.8. The number of likely N-dealkylation sites (tertiary alicyclic amines) is 2. The van der Waals surface area contributed by atoms with E-state index in [-0.39, 0.29) is 41.9 Å². The third-order valence-corrected chi connectivity index (χ3v) is 13.5. The molecule has 0 unspecified atom stereocenters. The van der Waals surface area contributed by atoms with E-state index in [1.807, 2.05) is 29.8 Å². The summed E-state index contributed by atoms with van der Waals surface area (Å²) in [5.41, 5.74) is 8.96. The van der Waals surface area contributed by atoms with Crippen molar-refractivity contribution in [1.82, 2.24) is 40.4 Å². The molecule has 1 saturated carbocycles. The van der Waals surface area contributed by atoms with Crippen molar-refractivity contribution in [2.24, 2.45) is 11.8 Å². The minimum Gasteiger partial charge on any atom is -0.453 e. The van der Waals surface area contributed by atoms with E-state index in [1.165, 1.54) is 30.9 Å². The number of aromatic amines is 2. The van der Waals surface area contributed by atoms with Gasteiger partial charge >= 0.3 is 12.2 Å². The number of carbonyl (C=O) groups is 4. The molecule has 4 amide bonds. The van der Waals surface area contributed by atoms with E-state index >= 15 is 0 Å². The Bertz CT molecular complexity index is 2500. The number of hydrogen-bond donors (Lipinski definition) is 4. The molecule has 14 heteroatoms. The average Bonchev–Trinajstić information content (AvgIpc) is 3.83. The van der Waals surface area contributed by atoms with Crippen molar-refractivity contribution in [3.8, 4) is 22.4 Å². The van der Waals surface area contributed by atoms with Gasteiger partial charge in [0, 0.05) is 30.0 Å². The van der Waals surface area contributed by atoms with E-state index in [0.29, 0.717) is 18.9 Å². The molecular weight excluding hydrogens is 773 g/mol. The van der Waals surface area contributed by atoms with Gasteiger partial charge in [-0.05, 0) is 116 Å². The van der Waals surface area contributed by atoms with Crippen LogP contribution in [0.15, 0.2) is 48.7 Å². The summed E-state index contributed by atoms with van der Waals surface area (Å²) in [5, 5.41) is 7.69. The Hall–Kier alpha value is -5.92. The highest BCUT2D eigenvalue weighted by Gasteiger charge is 2.43. The zero-order valence-electron chi connectivity index (χ0n) is 35.7. The summed E-state index contributed by atoms with van der Waals surface area (Å²) in [6.07, 6.45) is 9.72. The molecule has 2 saturated heterocycles. The maximum atomic E-state index is 14.0. The van der Waals surface area contributed by atoms with Gasteiger partial charge in [-0.25, -0.2) is 19.6 Å². The molecule has 9 rings (SSSR count). The Labute approximate surface area is 355 Å². The van der Waals surface area contributed by atoms with Crippen LogP contribution in [0, 0.1) is 11.8 Å². The van der Waals surface area contributed by atoms with E-state index in [1.54, 1.807) is 0 Å². The van der Waals surface area contributed by atoms with Crippen LogP contribution in [0.5, 0.6) is 0 Å². The lowest BCUT2D eigenvalue weighted by Gasteiger charge is -2.32. The van der Waals surface area contributed by atoms with E-state index in [4.69, 9.17) is 19.4 Å². The molecule has 14 nitrogen and oxygen atoms in total. The number of rotatable bonds is 11. The van der Waals surface area contributed by atoms with Crippen molar-refractivity contribution in [3.63, 3.8) is 0 Å². The predicted molar refractivity (Wildman–Crippen MR) is 231 cm³/mol. The zero-order valence-corrected chi connectivity index (χ0v) is 35.7. The molecule has 0 bridgehead atoms. The Morgan fingerprint density at radius 3 is 2.33 bits per heavy atom. The number of fused-ring (bicyclic) bond motifs is 4. The van der Waals surface area contributed by atoms with Crippen LogP contribution < -0.4 is 10.6 Å². The SMILES string of the molecule is COC(=O)NC[C@H]1CC[C@@H](c2ncc(-c3ccc(-c4ccc5c(ccc6[nH]c([C@@H]7CC[C@H](C)N7C(=O)[C@@H](NC(=O)OC)C(C)C)nc65)c4)c4c3CCC4)[nH]2)N1C(=O)CC1CC1. The molecule has 0 spiro atoms. The number of benzene rings is 3. The van der Waals surface area contributed by atoms with Gasteiger partial charge < -0.3 is 39.9 Å². The number of amides is 4. The van der Waals surface area contributed by atoms with Crippen molar-refractivity contribution in [1.29, 1.82) is 0 Å². The summed E-state index contributed by atoms with van der Waals surface area (Å²) in [7, 11) is 2.65. The molecular formula is C47H56N8O6. The van der Waals surface area contributed by atoms with E-state index in [2.05, 4.69) is 70.0 Å². The molecule has 4 aliphatic rings. The molecule has 3 fully saturated rings. The highest BCUT2D eigenvalue weighted by molar-refractivity contribution is 6.05. The van der Waals surface area contributed by atoms with Crippen LogP contribution in [-0.2, 0) is 31.9 Å². The first-order valence-electron chi connectivity index (χ1n) is 21.9. The molecule has 5 atom stereocenters. The van der Waals surface area contributed by atoms with Crippen LogP contribution in [0.1, 0.15) is 107 Å². The van der Waals surface area contributed by atoms with Gasteiger partial charge in [-0.1, -0.05) is 44.2 Å². The highest BCUT2D eigenvalue weighted by atomic mass is 16.5. The number of H-pyrrole nitrogens is 2. The minimum absolute atomic E-state index is 0.00463. The van der Waals surface area contributed by atoms with Crippen LogP contribution in [0.2, 0.25) is 0 Å². The third kappa shape index (κ3) is 7.69. The number of aromatic nitrogens is 4. The first kappa shape index (κ1) is 40.5. The largest absolute Gasteiger partial charge is 0.453 e. The standard InChI is InChI=1S/C47H56N8O6/c1-25(2)41(53-47(59)61-5)45(57)54-26(3)9-19-39(54)44-50-36-18-13-29-22-28(12-15-32(29)42(36)52-44)31-16-17-35(34-8-6-7-33(31)34)37-24-48-43(51-37)38-20-14-30(23-49-46(58)60-4)55(38)40(56)21-27-10-11-27/h12-13,15-18,22,24-27,30,38-39,41H,6-11,14,19-21,23H2,1-5H3,(H,48,51)(H,49,58)(H,50,52)(H,53,59)/t26-,30+,38-,39-,41-/m0/s1. The number of methoxy groups -OCH3 is 2. The lowest BCUT2D eigenvalue weighted by Crippen LogP contribution is -2.52. The Balaban J connectivity index is 0.973. The first-order chi connectivity index (χ1) is 29.5. The van der Waals surface area contributed by atoms with Crippen molar-refractivity contribution in [3.05, 3.63) is 71.4 Å². The fourth-order valence-corrected chi connectivity index (χ4v) is 10.2. The maximum Gasteiger partial charge on any atom is 0.407 e. The quantitative estimate of drug-likeness (QED) is 0.104. The summed E-state index contributed by atoms with van der Waals surface area (Å²) >= 11 is 0. The second-order valence-electron chi connectivity index (χ2n) is 17.8. The zero-order chi connectivity index (χ0) is 42.5. The first-order valence-corrected chi connectivity index (χ1v) is 21.9. The van der Waals surface area contributed by atoms with Gasteiger partial charge in [-0.2, -0.15) is 0 Å².